The number of pyridine rings is 1. The van der Waals surface area contributed by atoms with E-state index in [-0.39, 0.29) is 11.9 Å². The summed E-state index contributed by atoms with van der Waals surface area (Å²) in [5, 5.41) is 6.21. The van der Waals surface area contributed by atoms with Gasteiger partial charge >= 0.3 is 5.97 Å². The topological polar surface area (TPSA) is 68.3 Å². The number of nitrogens with one attached hydrogen (secondary N) is 1. The molecule has 2 aromatic heterocycles. The summed E-state index contributed by atoms with van der Waals surface area (Å²) in [6, 6.07) is 9.11. The quantitative estimate of drug-likeness (QED) is 0.670. The van der Waals surface area contributed by atoms with Crippen molar-refractivity contribution in [3.05, 3.63) is 58.6 Å². The summed E-state index contributed by atoms with van der Waals surface area (Å²) in [5.74, 6) is -0.220. The first-order valence-corrected chi connectivity index (χ1v) is 9.50. The molecule has 0 unspecified atom stereocenters. The van der Waals surface area contributed by atoms with Gasteiger partial charge < -0.3 is 10.1 Å². The summed E-state index contributed by atoms with van der Waals surface area (Å²) in [6.45, 7) is 2.09. The van der Waals surface area contributed by atoms with Gasteiger partial charge in [-0.15, -0.1) is 11.3 Å². The van der Waals surface area contributed by atoms with Gasteiger partial charge in [-0.3, -0.25) is 9.78 Å². The number of aromatic nitrogens is 1. The second kappa shape index (κ2) is 6.88. The molecule has 1 aliphatic carbocycles. The molecule has 0 spiro atoms. The Bertz CT molecular complexity index is 986. The van der Waals surface area contributed by atoms with E-state index >= 15 is 0 Å². The van der Waals surface area contributed by atoms with Crippen molar-refractivity contribution in [3.8, 4) is 0 Å². The Kier molecular flexibility index (Phi) is 4.42. The molecule has 132 valence electrons. The number of nitrogens with zero attached hydrogens (tertiary/aromatic N) is 1. The Morgan fingerprint density at radius 2 is 2.12 bits per heavy atom. The predicted octanol–water partition coefficient (Wildman–Crippen LogP) is 4.60. The van der Waals surface area contributed by atoms with E-state index in [1.807, 2.05) is 17.5 Å². The Morgan fingerprint density at radius 3 is 2.88 bits per heavy atom. The van der Waals surface area contributed by atoms with Gasteiger partial charge in [0.25, 0.3) is 5.91 Å². The molecule has 1 saturated carbocycles. The minimum atomic E-state index is -0.370. The minimum absolute atomic E-state index is 0.252. The van der Waals surface area contributed by atoms with Crippen LogP contribution in [0.25, 0.3) is 10.9 Å². The third-order valence-electron chi connectivity index (χ3n) is 4.43. The van der Waals surface area contributed by atoms with Gasteiger partial charge in [-0.05, 0) is 54.8 Å². The second-order valence-electron chi connectivity index (χ2n) is 6.22. The van der Waals surface area contributed by atoms with Crippen LogP contribution in [0.5, 0.6) is 0 Å². The first kappa shape index (κ1) is 16.7. The number of hydrogen-bond acceptors (Lipinski definition) is 5. The summed E-state index contributed by atoms with van der Waals surface area (Å²) in [7, 11) is 0. The summed E-state index contributed by atoms with van der Waals surface area (Å²) in [5.41, 5.74) is 2.79. The number of thiophene rings is 1. The van der Waals surface area contributed by atoms with Gasteiger partial charge in [-0.1, -0.05) is 12.1 Å². The van der Waals surface area contributed by atoms with Gasteiger partial charge in [-0.2, -0.15) is 0 Å². The third kappa shape index (κ3) is 3.08. The molecule has 1 amide bonds. The van der Waals surface area contributed by atoms with Gasteiger partial charge in [-0.25, -0.2) is 4.79 Å². The van der Waals surface area contributed by atoms with E-state index in [1.165, 1.54) is 11.3 Å². The Hall–Kier alpha value is -2.73. The van der Waals surface area contributed by atoms with E-state index < -0.39 is 0 Å². The maximum atomic E-state index is 12.9. The fourth-order valence-corrected chi connectivity index (χ4v) is 4.07. The van der Waals surface area contributed by atoms with Gasteiger partial charge in [0.15, 0.2) is 0 Å². The summed E-state index contributed by atoms with van der Waals surface area (Å²) >= 11 is 1.38. The molecule has 0 bridgehead atoms. The molecule has 1 N–H and O–H groups in total. The minimum Gasteiger partial charge on any atom is -0.462 e. The maximum Gasteiger partial charge on any atom is 0.341 e. The molecule has 1 fully saturated rings. The molecule has 0 radical (unpaired) electrons. The number of rotatable bonds is 5. The highest BCUT2D eigenvalue weighted by atomic mass is 32.1. The molecule has 2 heterocycles. The van der Waals surface area contributed by atoms with Gasteiger partial charge in [0, 0.05) is 17.1 Å². The van der Waals surface area contributed by atoms with Crippen LogP contribution < -0.4 is 5.32 Å². The van der Waals surface area contributed by atoms with Crippen molar-refractivity contribution < 1.29 is 14.3 Å². The maximum absolute atomic E-state index is 12.9. The van der Waals surface area contributed by atoms with Crippen LogP contribution in [0.1, 0.15) is 52.0 Å². The first-order chi connectivity index (χ1) is 12.7. The fraction of sp³-hybridized carbons (Fsp3) is 0.250. The Labute approximate surface area is 155 Å². The van der Waals surface area contributed by atoms with Crippen LogP contribution in [0.15, 0.2) is 41.9 Å². The lowest BCUT2D eigenvalue weighted by Crippen LogP contribution is -2.15. The SMILES string of the molecule is CCOC(=O)c1c(C2CC2)csc1NC(=O)c1cccc2ncccc12. The molecule has 1 aromatic carbocycles. The van der Waals surface area contributed by atoms with Crippen molar-refractivity contribution in [2.75, 3.05) is 11.9 Å². The number of fused-ring (bicyclic) bond motifs is 1. The van der Waals surface area contributed by atoms with Crippen LogP contribution in [0.2, 0.25) is 0 Å². The third-order valence-corrected chi connectivity index (χ3v) is 5.35. The number of anilines is 1. The first-order valence-electron chi connectivity index (χ1n) is 8.62. The lowest BCUT2D eigenvalue weighted by atomic mass is 10.1. The van der Waals surface area contributed by atoms with E-state index in [9.17, 15) is 9.59 Å². The molecule has 3 aromatic rings. The van der Waals surface area contributed by atoms with Crippen molar-refractivity contribution in [3.63, 3.8) is 0 Å². The predicted molar refractivity (Wildman–Crippen MR) is 102 cm³/mol. The summed E-state index contributed by atoms with van der Waals surface area (Å²) < 4.78 is 5.21. The van der Waals surface area contributed by atoms with E-state index in [0.717, 1.165) is 29.3 Å². The van der Waals surface area contributed by atoms with E-state index in [4.69, 9.17) is 4.74 Å². The van der Waals surface area contributed by atoms with Crippen molar-refractivity contribution >= 4 is 39.1 Å². The number of carbonyl (C=O) groups is 2. The lowest BCUT2D eigenvalue weighted by molar-refractivity contribution is 0.0527. The highest BCUT2D eigenvalue weighted by molar-refractivity contribution is 7.15. The van der Waals surface area contributed by atoms with Gasteiger partial charge in [0.05, 0.1) is 17.7 Å². The van der Waals surface area contributed by atoms with Crippen LogP contribution >= 0.6 is 11.3 Å². The van der Waals surface area contributed by atoms with Crippen LogP contribution in [0.4, 0.5) is 5.00 Å². The Morgan fingerprint density at radius 1 is 1.27 bits per heavy atom. The van der Waals surface area contributed by atoms with Gasteiger partial charge in [0.2, 0.25) is 0 Å². The number of esters is 1. The zero-order valence-corrected chi connectivity index (χ0v) is 15.1. The van der Waals surface area contributed by atoms with Crippen molar-refractivity contribution in [2.24, 2.45) is 0 Å². The van der Waals surface area contributed by atoms with Crippen molar-refractivity contribution in [1.29, 1.82) is 0 Å². The average Bonchev–Trinajstić information content (AvgIpc) is 3.42. The smallest absolute Gasteiger partial charge is 0.341 e. The number of carbonyl (C=O) groups excluding carboxylic acids is 2. The summed E-state index contributed by atoms with van der Waals surface area (Å²) in [4.78, 5) is 29.6. The van der Waals surface area contributed by atoms with Crippen molar-refractivity contribution in [2.45, 2.75) is 25.7 Å². The second-order valence-corrected chi connectivity index (χ2v) is 7.10. The number of benzene rings is 1. The van der Waals surface area contributed by atoms with Crippen LogP contribution in [0.3, 0.4) is 0 Å². The number of amides is 1. The molecule has 0 atom stereocenters. The molecule has 1 aliphatic rings. The monoisotopic (exact) mass is 366 g/mol. The van der Waals surface area contributed by atoms with E-state index in [2.05, 4.69) is 10.3 Å². The molecule has 26 heavy (non-hydrogen) atoms. The average molecular weight is 366 g/mol. The van der Waals surface area contributed by atoms with Crippen LogP contribution in [-0.2, 0) is 4.74 Å². The Balaban J connectivity index is 1.68. The highest BCUT2D eigenvalue weighted by Crippen LogP contribution is 2.46. The summed E-state index contributed by atoms with van der Waals surface area (Å²) in [6.07, 6.45) is 3.85. The van der Waals surface area contributed by atoms with E-state index in [0.29, 0.717) is 28.7 Å². The zero-order valence-electron chi connectivity index (χ0n) is 14.3. The molecule has 5 nitrogen and oxygen atoms in total. The number of hydrogen-bond donors (Lipinski definition) is 1. The highest BCUT2D eigenvalue weighted by Gasteiger charge is 2.32. The lowest BCUT2D eigenvalue weighted by Gasteiger charge is -2.09. The number of ether oxygens (including phenoxy) is 1. The van der Waals surface area contributed by atoms with Crippen LogP contribution in [-0.4, -0.2) is 23.5 Å². The largest absolute Gasteiger partial charge is 0.462 e. The zero-order chi connectivity index (χ0) is 18.1. The molecule has 0 saturated heterocycles. The van der Waals surface area contributed by atoms with E-state index in [1.54, 1.807) is 31.3 Å². The molecule has 6 heteroatoms. The fourth-order valence-electron chi connectivity index (χ4n) is 3.04. The normalized spacial score (nSPS) is 13.6. The van der Waals surface area contributed by atoms with Gasteiger partial charge in [0.1, 0.15) is 5.00 Å². The molecule has 4 rings (SSSR count). The molecular formula is C20H18N2O3S. The van der Waals surface area contributed by atoms with Crippen molar-refractivity contribution in [1.82, 2.24) is 4.98 Å². The molecular weight excluding hydrogens is 348 g/mol. The molecule has 0 aliphatic heterocycles. The van der Waals surface area contributed by atoms with Crippen LogP contribution in [0, 0.1) is 0 Å². The standard InChI is InChI=1S/C20H18N2O3S/c1-2-25-20(24)17-15(12-8-9-12)11-26-19(17)22-18(23)14-5-3-7-16-13(14)6-4-10-21-16/h3-7,10-12H,2,8-9H2,1H3,(H,22,23).